The Hall–Kier alpha value is -3.00. The van der Waals surface area contributed by atoms with Gasteiger partial charge in [0.05, 0.1) is 12.9 Å². The summed E-state index contributed by atoms with van der Waals surface area (Å²) in [6, 6.07) is 16.9. The van der Waals surface area contributed by atoms with Crippen LogP contribution in [0.15, 0.2) is 59.8 Å². The molecular formula is C22H26N4O3S. The normalized spacial score (nSPS) is 11.9. The summed E-state index contributed by atoms with van der Waals surface area (Å²) in [5.41, 5.74) is 0.774. The van der Waals surface area contributed by atoms with Gasteiger partial charge < -0.3 is 19.4 Å². The number of rotatable bonds is 9. The van der Waals surface area contributed by atoms with E-state index < -0.39 is 0 Å². The molecule has 0 saturated carbocycles. The smallest absolute Gasteiger partial charge is 0.234 e. The number of ether oxygens (including phenoxy) is 2. The maximum Gasteiger partial charge on any atom is 0.234 e. The first kappa shape index (κ1) is 21.7. The minimum absolute atomic E-state index is 0.0893. The molecule has 0 radical (unpaired) electrons. The van der Waals surface area contributed by atoms with E-state index in [1.807, 2.05) is 66.1 Å². The van der Waals surface area contributed by atoms with Gasteiger partial charge in [-0.3, -0.25) is 4.79 Å². The fourth-order valence-corrected chi connectivity index (χ4v) is 3.78. The van der Waals surface area contributed by atoms with Gasteiger partial charge in [-0.2, -0.15) is 0 Å². The lowest BCUT2D eigenvalue weighted by Crippen LogP contribution is -2.16. The van der Waals surface area contributed by atoms with E-state index in [1.165, 1.54) is 11.8 Å². The van der Waals surface area contributed by atoms with Crippen LogP contribution >= 0.6 is 11.8 Å². The Labute approximate surface area is 180 Å². The standard InChI is InChI=1S/C22H26N4O3S/c1-15(2)26-21(16(3)29-19-12-10-18(28-4)11-13-19)24-25-22(26)30-14-20(27)23-17-8-6-5-7-9-17/h5-13,15-16H,14H2,1-4H3,(H,23,27). The zero-order valence-corrected chi connectivity index (χ0v) is 18.3. The first-order valence-corrected chi connectivity index (χ1v) is 10.7. The molecule has 158 valence electrons. The van der Waals surface area contributed by atoms with Gasteiger partial charge in [0.1, 0.15) is 11.5 Å². The predicted molar refractivity (Wildman–Crippen MR) is 118 cm³/mol. The number of carbonyl (C=O) groups excluding carboxylic acids is 1. The van der Waals surface area contributed by atoms with Crippen molar-refractivity contribution >= 4 is 23.4 Å². The number of anilines is 1. The molecule has 1 N–H and O–H groups in total. The number of para-hydroxylation sites is 1. The summed E-state index contributed by atoms with van der Waals surface area (Å²) in [4.78, 5) is 12.3. The highest BCUT2D eigenvalue weighted by atomic mass is 32.2. The van der Waals surface area contributed by atoms with Crippen molar-refractivity contribution in [1.82, 2.24) is 14.8 Å². The minimum atomic E-state index is -0.305. The minimum Gasteiger partial charge on any atom is -0.497 e. The molecule has 2 aromatic carbocycles. The average molecular weight is 427 g/mol. The largest absolute Gasteiger partial charge is 0.497 e. The molecule has 1 amide bonds. The number of benzene rings is 2. The number of aromatic nitrogens is 3. The molecule has 7 nitrogen and oxygen atoms in total. The molecule has 0 aliphatic carbocycles. The predicted octanol–water partition coefficient (Wildman–Crippen LogP) is 4.74. The van der Waals surface area contributed by atoms with Gasteiger partial charge in [-0.05, 0) is 57.2 Å². The maximum absolute atomic E-state index is 12.3. The van der Waals surface area contributed by atoms with Crippen LogP contribution in [0.4, 0.5) is 5.69 Å². The summed E-state index contributed by atoms with van der Waals surface area (Å²) in [5.74, 6) is 2.36. The molecule has 0 aliphatic heterocycles. The second-order valence-corrected chi connectivity index (χ2v) is 7.89. The van der Waals surface area contributed by atoms with Crippen LogP contribution in [0, 0.1) is 0 Å². The molecule has 0 spiro atoms. The first-order valence-electron chi connectivity index (χ1n) is 9.71. The van der Waals surface area contributed by atoms with Gasteiger partial charge in [-0.25, -0.2) is 0 Å². The van der Waals surface area contributed by atoms with Crippen molar-refractivity contribution in [2.24, 2.45) is 0 Å². The Morgan fingerprint density at radius 2 is 1.70 bits per heavy atom. The van der Waals surface area contributed by atoms with Crippen molar-refractivity contribution in [3.63, 3.8) is 0 Å². The fraction of sp³-hybridized carbons (Fsp3) is 0.318. The summed E-state index contributed by atoms with van der Waals surface area (Å²) in [5, 5.41) is 12.2. The van der Waals surface area contributed by atoms with Gasteiger partial charge in [0.15, 0.2) is 17.1 Å². The number of hydrogen-bond donors (Lipinski definition) is 1. The molecule has 3 aromatic rings. The number of amides is 1. The highest BCUT2D eigenvalue weighted by Crippen LogP contribution is 2.28. The second kappa shape index (κ2) is 10.2. The Morgan fingerprint density at radius 1 is 1.03 bits per heavy atom. The van der Waals surface area contributed by atoms with Gasteiger partial charge >= 0.3 is 0 Å². The summed E-state index contributed by atoms with van der Waals surface area (Å²) in [7, 11) is 1.63. The third-order valence-corrected chi connectivity index (χ3v) is 5.28. The van der Waals surface area contributed by atoms with E-state index in [9.17, 15) is 4.79 Å². The second-order valence-electron chi connectivity index (χ2n) is 6.94. The monoisotopic (exact) mass is 426 g/mol. The van der Waals surface area contributed by atoms with Crippen LogP contribution in [0.3, 0.4) is 0 Å². The van der Waals surface area contributed by atoms with E-state index in [1.54, 1.807) is 7.11 Å². The van der Waals surface area contributed by atoms with E-state index in [2.05, 4.69) is 29.4 Å². The van der Waals surface area contributed by atoms with E-state index in [0.717, 1.165) is 17.2 Å². The SMILES string of the molecule is COc1ccc(OC(C)c2nnc(SCC(=O)Nc3ccccc3)n2C(C)C)cc1. The molecule has 0 fully saturated rings. The van der Waals surface area contributed by atoms with Crippen LogP contribution in [0.2, 0.25) is 0 Å². The lowest BCUT2D eigenvalue weighted by molar-refractivity contribution is -0.113. The molecule has 1 heterocycles. The number of carbonyl (C=O) groups is 1. The van der Waals surface area contributed by atoms with Crippen LogP contribution in [0.5, 0.6) is 11.5 Å². The molecule has 1 atom stereocenters. The Bertz CT molecular complexity index is 958. The molecule has 0 saturated heterocycles. The topological polar surface area (TPSA) is 78.3 Å². The molecule has 8 heteroatoms. The van der Waals surface area contributed by atoms with Gasteiger partial charge in [-0.15, -0.1) is 10.2 Å². The zero-order valence-electron chi connectivity index (χ0n) is 17.5. The average Bonchev–Trinajstić information content (AvgIpc) is 3.18. The Kier molecular flexibility index (Phi) is 7.35. The van der Waals surface area contributed by atoms with E-state index in [4.69, 9.17) is 9.47 Å². The number of hydrogen-bond acceptors (Lipinski definition) is 6. The molecule has 0 aliphatic rings. The molecule has 1 aromatic heterocycles. The first-order chi connectivity index (χ1) is 14.5. The number of methoxy groups -OCH3 is 1. The van der Waals surface area contributed by atoms with Crippen molar-refractivity contribution in [2.75, 3.05) is 18.2 Å². The highest BCUT2D eigenvalue weighted by molar-refractivity contribution is 7.99. The molecule has 30 heavy (non-hydrogen) atoms. The van der Waals surface area contributed by atoms with Crippen molar-refractivity contribution in [3.05, 3.63) is 60.4 Å². The van der Waals surface area contributed by atoms with Gasteiger partial charge in [0.25, 0.3) is 0 Å². The third-order valence-electron chi connectivity index (χ3n) is 4.33. The lowest BCUT2D eigenvalue weighted by atomic mass is 10.3. The van der Waals surface area contributed by atoms with Crippen LogP contribution in [0.1, 0.15) is 38.7 Å². The van der Waals surface area contributed by atoms with Gasteiger partial charge in [0.2, 0.25) is 5.91 Å². The lowest BCUT2D eigenvalue weighted by Gasteiger charge is -2.19. The van der Waals surface area contributed by atoms with Crippen molar-refractivity contribution in [1.29, 1.82) is 0 Å². The third kappa shape index (κ3) is 5.54. The van der Waals surface area contributed by atoms with E-state index in [-0.39, 0.29) is 23.8 Å². The number of thioether (sulfide) groups is 1. The van der Waals surface area contributed by atoms with Crippen LogP contribution in [-0.2, 0) is 4.79 Å². The number of nitrogens with zero attached hydrogens (tertiary/aromatic N) is 3. The maximum atomic E-state index is 12.3. The summed E-state index contributed by atoms with van der Waals surface area (Å²) >= 11 is 1.36. The number of nitrogens with one attached hydrogen (secondary N) is 1. The summed E-state index contributed by atoms with van der Waals surface area (Å²) in [6.45, 7) is 6.05. The van der Waals surface area contributed by atoms with Crippen LogP contribution in [-0.4, -0.2) is 33.5 Å². The van der Waals surface area contributed by atoms with E-state index in [0.29, 0.717) is 11.0 Å². The summed E-state index contributed by atoms with van der Waals surface area (Å²) < 4.78 is 13.2. The fourth-order valence-electron chi connectivity index (χ4n) is 2.91. The van der Waals surface area contributed by atoms with E-state index >= 15 is 0 Å². The molecular weight excluding hydrogens is 400 g/mol. The Balaban J connectivity index is 1.67. The summed E-state index contributed by atoms with van der Waals surface area (Å²) in [6.07, 6.45) is -0.305. The molecule has 3 rings (SSSR count). The molecule has 1 unspecified atom stereocenters. The highest BCUT2D eigenvalue weighted by Gasteiger charge is 2.22. The van der Waals surface area contributed by atoms with Crippen molar-refractivity contribution in [3.8, 4) is 11.5 Å². The zero-order chi connectivity index (χ0) is 21.5. The van der Waals surface area contributed by atoms with Crippen LogP contribution < -0.4 is 14.8 Å². The van der Waals surface area contributed by atoms with Crippen LogP contribution in [0.25, 0.3) is 0 Å². The van der Waals surface area contributed by atoms with Crippen molar-refractivity contribution < 1.29 is 14.3 Å². The van der Waals surface area contributed by atoms with Gasteiger partial charge in [0, 0.05) is 11.7 Å². The van der Waals surface area contributed by atoms with Crippen molar-refractivity contribution in [2.45, 2.75) is 38.1 Å². The Morgan fingerprint density at radius 3 is 2.33 bits per heavy atom. The molecule has 0 bridgehead atoms. The van der Waals surface area contributed by atoms with Gasteiger partial charge in [-0.1, -0.05) is 30.0 Å². The quantitative estimate of drug-likeness (QED) is 0.498.